The summed E-state index contributed by atoms with van der Waals surface area (Å²) in [6.45, 7) is 5.05. The number of hydrogen-bond acceptors (Lipinski definition) is 5. The molecule has 3 atom stereocenters. The highest BCUT2D eigenvalue weighted by Crippen LogP contribution is 2.31. The van der Waals surface area contributed by atoms with Gasteiger partial charge in [-0.25, -0.2) is 0 Å². The molecule has 0 saturated carbocycles. The standard InChI is InChI=1S/C22H48N3O5P/c1-6-8-10-11-13-15-21(26)20(24-22(27)16-12-9-7-2)19-23-31(28,29)30-18-14-17-25(3,4)5/h20-21,26H,6-19H2,1-5H3,(H2-,23,24,27,28,29)/t20-,21?/m0/s1. The minimum atomic E-state index is -4.25. The summed E-state index contributed by atoms with van der Waals surface area (Å²) >= 11 is 0. The van der Waals surface area contributed by atoms with Gasteiger partial charge in [-0.15, -0.1) is 0 Å². The minimum Gasteiger partial charge on any atom is -0.766 e. The zero-order valence-electron chi connectivity index (χ0n) is 20.5. The molecule has 3 N–H and O–H groups in total. The molecule has 0 aliphatic rings. The monoisotopic (exact) mass is 465 g/mol. The molecular weight excluding hydrogens is 417 g/mol. The predicted octanol–water partition coefficient (Wildman–Crippen LogP) is 2.94. The highest BCUT2D eigenvalue weighted by atomic mass is 31.2. The summed E-state index contributed by atoms with van der Waals surface area (Å²) in [4.78, 5) is 24.5. The van der Waals surface area contributed by atoms with Crippen LogP contribution in [0.4, 0.5) is 0 Å². The van der Waals surface area contributed by atoms with E-state index in [-0.39, 0.29) is 19.1 Å². The van der Waals surface area contributed by atoms with Crippen molar-refractivity contribution in [2.75, 3.05) is 40.8 Å². The number of quaternary nitrogens is 1. The first-order valence-electron chi connectivity index (χ1n) is 12.0. The van der Waals surface area contributed by atoms with Crippen LogP contribution in [0.15, 0.2) is 0 Å². The van der Waals surface area contributed by atoms with Gasteiger partial charge in [-0.1, -0.05) is 58.8 Å². The number of aliphatic hydroxyl groups is 1. The first-order chi connectivity index (χ1) is 14.5. The molecule has 31 heavy (non-hydrogen) atoms. The van der Waals surface area contributed by atoms with Gasteiger partial charge in [0.25, 0.3) is 0 Å². The van der Waals surface area contributed by atoms with E-state index >= 15 is 0 Å². The second-order valence-corrected chi connectivity index (χ2v) is 11.0. The van der Waals surface area contributed by atoms with Crippen LogP contribution in [0.25, 0.3) is 0 Å². The molecule has 0 spiro atoms. The first-order valence-corrected chi connectivity index (χ1v) is 13.5. The van der Waals surface area contributed by atoms with E-state index in [2.05, 4.69) is 24.3 Å². The van der Waals surface area contributed by atoms with Crippen LogP contribution in [0.1, 0.15) is 84.5 Å². The van der Waals surface area contributed by atoms with Crippen LogP contribution in [-0.4, -0.2) is 68.5 Å². The lowest BCUT2D eigenvalue weighted by molar-refractivity contribution is -0.870. The Morgan fingerprint density at radius 1 is 1.03 bits per heavy atom. The van der Waals surface area contributed by atoms with Crippen molar-refractivity contribution in [3.8, 4) is 0 Å². The summed E-state index contributed by atoms with van der Waals surface area (Å²) in [5, 5.41) is 15.8. The van der Waals surface area contributed by atoms with Gasteiger partial charge in [0.15, 0.2) is 0 Å². The fourth-order valence-corrected chi connectivity index (χ4v) is 4.12. The molecule has 0 aromatic carbocycles. The van der Waals surface area contributed by atoms with Crippen molar-refractivity contribution < 1.29 is 28.4 Å². The summed E-state index contributed by atoms with van der Waals surface area (Å²) in [5.74, 6) is -0.158. The second kappa shape index (κ2) is 17.0. The number of nitrogens with zero attached hydrogens (tertiary/aromatic N) is 1. The Kier molecular flexibility index (Phi) is 16.8. The van der Waals surface area contributed by atoms with Crippen molar-refractivity contribution in [2.24, 2.45) is 0 Å². The van der Waals surface area contributed by atoms with E-state index in [1.807, 2.05) is 21.1 Å². The second-order valence-electron chi connectivity index (χ2n) is 9.46. The van der Waals surface area contributed by atoms with Crippen molar-refractivity contribution in [1.29, 1.82) is 0 Å². The average Bonchev–Trinajstić information content (AvgIpc) is 2.67. The number of hydrogen-bond donors (Lipinski definition) is 3. The lowest BCUT2D eigenvalue weighted by atomic mass is 10.0. The highest BCUT2D eigenvalue weighted by molar-refractivity contribution is 7.49. The number of nitrogens with one attached hydrogen (secondary N) is 2. The van der Waals surface area contributed by atoms with E-state index in [4.69, 9.17) is 4.52 Å². The predicted molar refractivity (Wildman–Crippen MR) is 125 cm³/mol. The summed E-state index contributed by atoms with van der Waals surface area (Å²) in [7, 11) is 1.85. The third-order valence-corrected chi connectivity index (χ3v) is 6.25. The zero-order valence-corrected chi connectivity index (χ0v) is 21.4. The molecule has 1 amide bonds. The highest BCUT2D eigenvalue weighted by Gasteiger charge is 2.23. The Balaban J connectivity index is 4.64. The largest absolute Gasteiger partial charge is 0.766 e. The van der Waals surface area contributed by atoms with Gasteiger partial charge in [0, 0.05) is 19.4 Å². The van der Waals surface area contributed by atoms with Crippen LogP contribution in [0.3, 0.4) is 0 Å². The maximum absolute atomic E-state index is 12.2. The third-order valence-electron chi connectivity index (χ3n) is 5.16. The molecule has 186 valence electrons. The number of aliphatic hydroxyl groups excluding tert-OH is 1. The zero-order chi connectivity index (χ0) is 23.8. The first kappa shape index (κ1) is 30.5. The summed E-state index contributed by atoms with van der Waals surface area (Å²) in [6.07, 6.45) is 8.79. The molecule has 2 unspecified atom stereocenters. The third kappa shape index (κ3) is 18.7. The SMILES string of the molecule is CCCCCCCC(O)[C@H](CNP(=O)([O-])OCCC[N+](C)(C)C)NC(=O)CCCCC. The molecule has 0 aliphatic heterocycles. The van der Waals surface area contributed by atoms with Crippen molar-refractivity contribution in [3.63, 3.8) is 0 Å². The lowest BCUT2D eigenvalue weighted by Crippen LogP contribution is -2.49. The van der Waals surface area contributed by atoms with E-state index in [1.54, 1.807) is 0 Å². The minimum absolute atomic E-state index is 0.0776. The van der Waals surface area contributed by atoms with Crippen LogP contribution in [0.5, 0.6) is 0 Å². The quantitative estimate of drug-likeness (QED) is 0.145. The fraction of sp³-hybridized carbons (Fsp3) is 0.955. The Labute approximate surface area is 190 Å². The van der Waals surface area contributed by atoms with Crippen LogP contribution < -0.4 is 15.3 Å². The fourth-order valence-electron chi connectivity index (χ4n) is 3.24. The molecule has 0 rings (SSSR count). The van der Waals surface area contributed by atoms with Crippen molar-refractivity contribution >= 4 is 13.7 Å². The van der Waals surface area contributed by atoms with Gasteiger partial charge in [0.2, 0.25) is 13.7 Å². The van der Waals surface area contributed by atoms with Crippen LogP contribution >= 0.6 is 7.75 Å². The Morgan fingerprint density at radius 2 is 1.65 bits per heavy atom. The number of carbonyl (C=O) groups is 1. The Bertz CT molecular complexity index is 514. The topological polar surface area (TPSA) is 111 Å². The summed E-state index contributed by atoms with van der Waals surface area (Å²) in [5.41, 5.74) is 0. The van der Waals surface area contributed by atoms with E-state index in [0.29, 0.717) is 19.3 Å². The van der Waals surface area contributed by atoms with E-state index in [9.17, 15) is 19.4 Å². The molecule has 0 radical (unpaired) electrons. The molecule has 0 bridgehead atoms. The van der Waals surface area contributed by atoms with Gasteiger partial charge in [0.05, 0.1) is 46.4 Å². The molecule has 0 aromatic rings. The number of carbonyl (C=O) groups excluding carboxylic acids is 1. The lowest BCUT2D eigenvalue weighted by Gasteiger charge is -2.30. The molecule has 0 heterocycles. The van der Waals surface area contributed by atoms with Gasteiger partial charge >= 0.3 is 0 Å². The maximum Gasteiger partial charge on any atom is 0.220 e. The van der Waals surface area contributed by atoms with Crippen molar-refractivity contribution in [3.05, 3.63) is 0 Å². The van der Waals surface area contributed by atoms with Gasteiger partial charge in [0.1, 0.15) is 0 Å². The molecule has 0 aliphatic carbocycles. The summed E-state index contributed by atoms with van der Waals surface area (Å²) < 4.78 is 18.0. The maximum atomic E-state index is 12.2. The molecule has 0 aromatic heterocycles. The molecule has 8 nitrogen and oxygen atoms in total. The molecule has 9 heteroatoms. The van der Waals surface area contributed by atoms with E-state index < -0.39 is 19.9 Å². The number of amides is 1. The van der Waals surface area contributed by atoms with Gasteiger partial charge in [-0.3, -0.25) is 14.4 Å². The van der Waals surface area contributed by atoms with Crippen LogP contribution in [0.2, 0.25) is 0 Å². The normalized spacial score (nSPS) is 16.0. The number of unbranched alkanes of at least 4 members (excludes halogenated alkanes) is 6. The van der Waals surface area contributed by atoms with Gasteiger partial charge in [-0.2, -0.15) is 0 Å². The smallest absolute Gasteiger partial charge is 0.220 e. The number of rotatable bonds is 20. The van der Waals surface area contributed by atoms with Crippen molar-refractivity contribution in [2.45, 2.75) is 96.6 Å². The molecule has 0 saturated heterocycles. The summed E-state index contributed by atoms with van der Waals surface area (Å²) in [6, 6.07) is -0.669. The Morgan fingerprint density at radius 3 is 2.26 bits per heavy atom. The van der Waals surface area contributed by atoms with E-state index in [0.717, 1.165) is 56.0 Å². The van der Waals surface area contributed by atoms with Crippen LogP contribution in [0, 0.1) is 0 Å². The Hall–Kier alpha value is -0.500. The van der Waals surface area contributed by atoms with Gasteiger partial charge < -0.3 is 24.3 Å². The van der Waals surface area contributed by atoms with E-state index in [1.165, 1.54) is 6.42 Å². The molecular formula is C22H48N3O5P. The van der Waals surface area contributed by atoms with Crippen molar-refractivity contribution in [1.82, 2.24) is 10.4 Å². The van der Waals surface area contributed by atoms with Crippen LogP contribution in [-0.2, 0) is 13.9 Å². The molecule has 0 fully saturated rings. The average molecular weight is 466 g/mol. The van der Waals surface area contributed by atoms with Gasteiger partial charge in [-0.05, 0) is 12.8 Å².